The predicted octanol–water partition coefficient (Wildman–Crippen LogP) is 3.43. The van der Waals surface area contributed by atoms with E-state index in [1.807, 2.05) is 45.0 Å². The molecule has 0 heterocycles. The van der Waals surface area contributed by atoms with Crippen LogP contribution in [-0.2, 0) is 10.0 Å². The highest BCUT2D eigenvalue weighted by Crippen LogP contribution is 2.26. The zero-order valence-electron chi connectivity index (χ0n) is 13.2. The minimum absolute atomic E-state index is 0.212. The molecule has 0 radical (unpaired) electrons. The molecule has 0 aliphatic rings. The summed E-state index contributed by atoms with van der Waals surface area (Å²) in [6.07, 6.45) is 0. The van der Waals surface area contributed by atoms with Gasteiger partial charge in [0.25, 0.3) is 10.0 Å². The van der Waals surface area contributed by atoms with Crippen LogP contribution in [0.2, 0.25) is 0 Å². The Hall–Kier alpha value is -2.01. The Bertz CT molecular complexity index is 738. The minimum atomic E-state index is -3.60. The highest BCUT2D eigenvalue weighted by molar-refractivity contribution is 7.92. The van der Waals surface area contributed by atoms with Gasteiger partial charge in [-0.15, -0.1) is 0 Å². The summed E-state index contributed by atoms with van der Waals surface area (Å²) in [5.74, 6) is 0.212. The maximum atomic E-state index is 13.0. The van der Waals surface area contributed by atoms with E-state index < -0.39 is 10.0 Å². The third kappa shape index (κ3) is 3.60. The second-order valence-corrected chi connectivity index (χ2v) is 7.70. The zero-order chi connectivity index (χ0) is 16.3. The largest absolute Gasteiger partial charge is 0.399 e. The van der Waals surface area contributed by atoms with Crippen LogP contribution < -0.4 is 10.0 Å². The lowest BCUT2D eigenvalue weighted by atomic mass is 10.2. The molecule has 22 heavy (non-hydrogen) atoms. The van der Waals surface area contributed by atoms with E-state index in [2.05, 4.69) is 0 Å². The van der Waals surface area contributed by atoms with Gasteiger partial charge in [0.2, 0.25) is 0 Å². The fraction of sp³-hybridized carbons (Fsp3) is 0.294. The molecule has 0 aliphatic heterocycles. The van der Waals surface area contributed by atoms with Gasteiger partial charge in [-0.05, 0) is 54.8 Å². The van der Waals surface area contributed by atoms with Gasteiger partial charge in [0.05, 0.1) is 10.6 Å². The predicted molar refractivity (Wildman–Crippen MR) is 91.4 cm³/mol. The molecule has 2 N–H and O–H groups in total. The normalized spacial score (nSPS) is 11.6. The first-order chi connectivity index (χ1) is 10.3. The first-order valence-electron chi connectivity index (χ1n) is 7.25. The molecule has 0 spiro atoms. The Morgan fingerprint density at radius 1 is 1.09 bits per heavy atom. The molecule has 0 fully saturated rings. The number of nitrogens with two attached hydrogens (primary N) is 1. The molecule has 0 aliphatic carbocycles. The summed E-state index contributed by atoms with van der Waals surface area (Å²) >= 11 is 0. The standard InChI is InChI=1S/C17H22N2O2S/c1-13(2)12-19(16-6-4-5-14(3)11-16)22(20,21)17-9-7-15(18)8-10-17/h4-11,13H,12,18H2,1-3H3. The second-order valence-electron chi connectivity index (χ2n) is 5.84. The summed E-state index contributed by atoms with van der Waals surface area (Å²) in [5, 5.41) is 0. The topological polar surface area (TPSA) is 63.4 Å². The minimum Gasteiger partial charge on any atom is -0.399 e. The number of anilines is 2. The maximum Gasteiger partial charge on any atom is 0.264 e. The molecule has 2 aromatic carbocycles. The average Bonchev–Trinajstić information content (AvgIpc) is 2.45. The highest BCUT2D eigenvalue weighted by atomic mass is 32.2. The number of sulfonamides is 1. The first kappa shape index (κ1) is 16.4. The Balaban J connectivity index is 2.50. The summed E-state index contributed by atoms with van der Waals surface area (Å²) in [7, 11) is -3.60. The van der Waals surface area contributed by atoms with Crippen LogP contribution in [0.1, 0.15) is 19.4 Å². The van der Waals surface area contributed by atoms with Gasteiger partial charge < -0.3 is 5.73 Å². The summed E-state index contributed by atoms with van der Waals surface area (Å²) in [4.78, 5) is 0.254. The lowest BCUT2D eigenvalue weighted by Crippen LogP contribution is -2.34. The van der Waals surface area contributed by atoms with Crippen molar-refractivity contribution in [2.75, 3.05) is 16.6 Å². The molecule has 2 aromatic rings. The van der Waals surface area contributed by atoms with Crippen molar-refractivity contribution in [2.45, 2.75) is 25.7 Å². The summed E-state index contributed by atoms with van der Waals surface area (Å²) in [6, 6.07) is 13.8. The lowest BCUT2D eigenvalue weighted by molar-refractivity contribution is 0.578. The Morgan fingerprint density at radius 2 is 1.73 bits per heavy atom. The molecule has 5 heteroatoms. The van der Waals surface area contributed by atoms with Gasteiger partial charge in [-0.1, -0.05) is 26.0 Å². The molecular weight excluding hydrogens is 296 g/mol. The first-order valence-corrected chi connectivity index (χ1v) is 8.69. The molecule has 0 amide bonds. The fourth-order valence-corrected chi connectivity index (χ4v) is 3.84. The van der Waals surface area contributed by atoms with E-state index in [0.29, 0.717) is 17.9 Å². The molecule has 0 aromatic heterocycles. The third-order valence-corrected chi connectivity index (χ3v) is 5.10. The van der Waals surface area contributed by atoms with Crippen molar-refractivity contribution in [3.8, 4) is 0 Å². The Labute approximate surface area is 132 Å². The van der Waals surface area contributed by atoms with Crippen molar-refractivity contribution < 1.29 is 8.42 Å². The highest BCUT2D eigenvalue weighted by Gasteiger charge is 2.25. The monoisotopic (exact) mass is 318 g/mol. The fourth-order valence-electron chi connectivity index (χ4n) is 2.22. The van der Waals surface area contributed by atoms with Crippen molar-refractivity contribution in [3.05, 3.63) is 54.1 Å². The maximum absolute atomic E-state index is 13.0. The van der Waals surface area contributed by atoms with Crippen LogP contribution in [0.4, 0.5) is 11.4 Å². The molecular formula is C17H22N2O2S. The van der Waals surface area contributed by atoms with E-state index in [0.717, 1.165) is 5.56 Å². The van der Waals surface area contributed by atoms with Crippen LogP contribution >= 0.6 is 0 Å². The van der Waals surface area contributed by atoms with E-state index in [1.165, 1.54) is 4.31 Å². The lowest BCUT2D eigenvalue weighted by Gasteiger charge is -2.26. The molecule has 2 rings (SSSR count). The van der Waals surface area contributed by atoms with Gasteiger partial charge >= 0.3 is 0 Å². The summed E-state index contributed by atoms with van der Waals surface area (Å²) in [5.41, 5.74) is 7.91. The number of aryl methyl sites for hydroxylation is 1. The molecule has 0 saturated carbocycles. The number of rotatable bonds is 5. The van der Waals surface area contributed by atoms with Crippen molar-refractivity contribution in [2.24, 2.45) is 5.92 Å². The third-order valence-electron chi connectivity index (χ3n) is 3.29. The van der Waals surface area contributed by atoms with Crippen molar-refractivity contribution in [3.63, 3.8) is 0 Å². The second kappa shape index (κ2) is 6.40. The number of nitrogens with zero attached hydrogens (tertiary/aromatic N) is 1. The van der Waals surface area contributed by atoms with E-state index in [1.54, 1.807) is 24.3 Å². The van der Waals surface area contributed by atoms with Crippen molar-refractivity contribution in [1.82, 2.24) is 0 Å². The molecule has 118 valence electrons. The quantitative estimate of drug-likeness (QED) is 0.859. The van der Waals surface area contributed by atoms with Crippen LogP contribution in [0.3, 0.4) is 0 Å². The molecule has 0 bridgehead atoms. The van der Waals surface area contributed by atoms with Gasteiger partial charge in [0.1, 0.15) is 0 Å². The smallest absolute Gasteiger partial charge is 0.264 e. The van der Waals surface area contributed by atoms with Crippen molar-refractivity contribution in [1.29, 1.82) is 0 Å². The van der Waals surface area contributed by atoms with E-state index >= 15 is 0 Å². The van der Waals surface area contributed by atoms with Crippen LogP contribution in [0.25, 0.3) is 0 Å². The van der Waals surface area contributed by atoms with Crippen molar-refractivity contribution >= 4 is 21.4 Å². The van der Waals surface area contributed by atoms with E-state index in [-0.39, 0.29) is 10.8 Å². The van der Waals surface area contributed by atoms with Gasteiger partial charge in [-0.3, -0.25) is 4.31 Å². The molecule has 4 nitrogen and oxygen atoms in total. The van der Waals surface area contributed by atoms with Gasteiger partial charge in [0.15, 0.2) is 0 Å². The molecule has 0 unspecified atom stereocenters. The Kier molecular flexibility index (Phi) is 4.76. The van der Waals surface area contributed by atoms with Gasteiger partial charge in [-0.25, -0.2) is 8.42 Å². The molecule has 0 saturated heterocycles. The Morgan fingerprint density at radius 3 is 2.27 bits per heavy atom. The number of benzene rings is 2. The van der Waals surface area contributed by atoms with Gasteiger partial charge in [0, 0.05) is 12.2 Å². The average molecular weight is 318 g/mol. The van der Waals surface area contributed by atoms with Crippen LogP contribution in [-0.4, -0.2) is 15.0 Å². The van der Waals surface area contributed by atoms with Gasteiger partial charge in [-0.2, -0.15) is 0 Å². The summed E-state index contributed by atoms with van der Waals surface area (Å²) in [6.45, 7) is 6.38. The molecule has 0 atom stereocenters. The number of nitrogen functional groups attached to an aromatic ring is 1. The summed E-state index contributed by atoms with van der Waals surface area (Å²) < 4.78 is 27.4. The number of hydrogen-bond acceptors (Lipinski definition) is 3. The zero-order valence-corrected chi connectivity index (χ0v) is 14.0. The van der Waals surface area contributed by atoms with E-state index in [4.69, 9.17) is 5.73 Å². The SMILES string of the molecule is Cc1cccc(N(CC(C)C)S(=O)(=O)c2ccc(N)cc2)c1. The number of hydrogen-bond donors (Lipinski definition) is 1. The van der Waals surface area contributed by atoms with E-state index in [9.17, 15) is 8.42 Å². The van der Waals surface area contributed by atoms with Crippen LogP contribution in [0.5, 0.6) is 0 Å². The van der Waals surface area contributed by atoms with Crippen LogP contribution in [0.15, 0.2) is 53.4 Å². The van der Waals surface area contributed by atoms with Crippen LogP contribution in [0, 0.1) is 12.8 Å².